The summed E-state index contributed by atoms with van der Waals surface area (Å²) in [5.74, 6) is 0. The lowest BCUT2D eigenvalue weighted by Crippen LogP contribution is -2.46. The van der Waals surface area contributed by atoms with Crippen LogP contribution < -0.4 is 0 Å². The molecular formula is C13H15Br2NO. The number of ether oxygens (including phenoxy) is 1. The van der Waals surface area contributed by atoms with Gasteiger partial charge in [0.1, 0.15) is 3.23 Å². The number of morpholine rings is 1. The highest BCUT2D eigenvalue weighted by molar-refractivity contribution is 9.25. The van der Waals surface area contributed by atoms with E-state index in [1.807, 2.05) is 0 Å². The first-order valence-corrected chi connectivity index (χ1v) is 7.52. The van der Waals surface area contributed by atoms with Gasteiger partial charge < -0.3 is 4.74 Å². The number of benzene rings is 1. The molecule has 17 heavy (non-hydrogen) atoms. The van der Waals surface area contributed by atoms with E-state index in [2.05, 4.69) is 67.1 Å². The molecule has 0 aromatic heterocycles. The Balaban J connectivity index is 1.95. The highest BCUT2D eigenvalue weighted by Gasteiger charge is 2.69. The number of halogens is 2. The van der Waals surface area contributed by atoms with Crippen LogP contribution in [-0.2, 0) is 10.3 Å². The fourth-order valence-electron chi connectivity index (χ4n) is 2.77. The zero-order valence-electron chi connectivity index (χ0n) is 9.53. The lowest BCUT2D eigenvalue weighted by atomic mass is 10.0. The Labute approximate surface area is 119 Å². The first kappa shape index (κ1) is 12.2. The normalized spacial score (nSPS) is 32.4. The third kappa shape index (κ3) is 1.89. The van der Waals surface area contributed by atoms with Crippen molar-refractivity contribution in [1.82, 2.24) is 4.90 Å². The number of nitrogens with zero attached hydrogens (tertiary/aromatic N) is 1. The Morgan fingerprint density at radius 2 is 1.65 bits per heavy atom. The molecule has 1 aromatic rings. The molecule has 1 aliphatic carbocycles. The summed E-state index contributed by atoms with van der Waals surface area (Å²) in [4.78, 5) is 2.54. The maximum absolute atomic E-state index is 5.45. The number of hydrogen-bond donors (Lipinski definition) is 0. The van der Waals surface area contributed by atoms with Crippen LogP contribution in [0.25, 0.3) is 0 Å². The molecule has 0 N–H and O–H groups in total. The van der Waals surface area contributed by atoms with Gasteiger partial charge in [-0.2, -0.15) is 0 Å². The lowest BCUT2D eigenvalue weighted by Gasteiger charge is -2.36. The van der Waals surface area contributed by atoms with Gasteiger partial charge in [0.2, 0.25) is 0 Å². The van der Waals surface area contributed by atoms with Crippen molar-refractivity contribution in [2.75, 3.05) is 26.3 Å². The number of hydrogen-bond acceptors (Lipinski definition) is 2. The van der Waals surface area contributed by atoms with Crippen LogP contribution in [0.4, 0.5) is 0 Å². The van der Waals surface area contributed by atoms with E-state index in [0.29, 0.717) is 0 Å². The van der Waals surface area contributed by atoms with Gasteiger partial charge in [-0.25, -0.2) is 0 Å². The van der Waals surface area contributed by atoms with Crippen LogP contribution in [0, 0.1) is 0 Å². The van der Waals surface area contributed by atoms with Crippen LogP contribution in [0.2, 0.25) is 0 Å². The molecule has 1 saturated heterocycles. The quantitative estimate of drug-likeness (QED) is 0.751. The average Bonchev–Trinajstić information content (AvgIpc) is 2.96. The molecule has 3 rings (SSSR count). The van der Waals surface area contributed by atoms with Gasteiger partial charge in [-0.15, -0.1) is 0 Å². The molecule has 92 valence electrons. The fraction of sp³-hybridized carbons (Fsp3) is 0.538. The Bertz CT molecular complexity index is 403. The van der Waals surface area contributed by atoms with Crippen LogP contribution in [0.3, 0.4) is 0 Å². The van der Waals surface area contributed by atoms with Crippen molar-refractivity contribution >= 4 is 31.9 Å². The summed E-state index contributed by atoms with van der Waals surface area (Å²) in [7, 11) is 0. The van der Waals surface area contributed by atoms with Gasteiger partial charge in [-0.3, -0.25) is 4.90 Å². The van der Waals surface area contributed by atoms with Crippen molar-refractivity contribution in [2.24, 2.45) is 0 Å². The van der Waals surface area contributed by atoms with E-state index in [-0.39, 0.29) is 8.77 Å². The largest absolute Gasteiger partial charge is 0.379 e. The lowest BCUT2D eigenvalue weighted by molar-refractivity contribution is 0.00838. The summed E-state index contributed by atoms with van der Waals surface area (Å²) in [6.45, 7) is 3.69. The molecular weight excluding hydrogens is 346 g/mol. The highest BCUT2D eigenvalue weighted by Crippen LogP contribution is 2.68. The van der Waals surface area contributed by atoms with Crippen molar-refractivity contribution in [2.45, 2.75) is 15.2 Å². The third-order valence-electron chi connectivity index (χ3n) is 3.76. The summed E-state index contributed by atoms with van der Waals surface area (Å²) >= 11 is 7.63. The first-order chi connectivity index (χ1) is 8.17. The van der Waals surface area contributed by atoms with E-state index in [1.165, 1.54) is 5.56 Å². The Morgan fingerprint density at radius 3 is 2.18 bits per heavy atom. The molecule has 2 nitrogen and oxygen atoms in total. The topological polar surface area (TPSA) is 12.5 Å². The van der Waals surface area contributed by atoms with Crippen LogP contribution in [0.15, 0.2) is 30.3 Å². The molecule has 0 spiro atoms. The van der Waals surface area contributed by atoms with Crippen molar-refractivity contribution in [1.29, 1.82) is 0 Å². The van der Waals surface area contributed by atoms with E-state index >= 15 is 0 Å². The monoisotopic (exact) mass is 359 g/mol. The first-order valence-electron chi connectivity index (χ1n) is 5.93. The number of rotatable bonds is 2. The summed E-state index contributed by atoms with van der Waals surface area (Å²) in [5, 5.41) is 0. The predicted octanol–water partition coefficient (Wildman–Crippen LogP) is 3.10. The van der Waals surface area contributed by atoms with E-state index in [9.17, 15) is 0 Å². The van der Waals surface area contributed by atoms with E-state index < -0.39 is 0 Å². The standard InChI is InChI=1S/C13H15Br2NO/c14-13(15)10-12(13,11-4-2-1-3-5-11)16-6-8-17-9-7-16/h1-5H,6-10H2. The molecule has 0 bridgehead atoms. The molecule has 2 fully saturated rings. The minimum absolute atomic E-state index is 0.0195. The molecule has 1 heterocycles. The van der Waals surface area contributed by atoms with Gasteiger partial charge in [0.05, 0.1) is 18.8 Å². The van der Waals surface area contributed by atoms with E-state index in [4.69, 9.17) is 4.74 Å². The van der Waals surface area contributed by atoms with E-state index in [0.717, 1.165) is 32.7 Å². The molecule has 1 atom stereocenters. The molecule has 1 aliphatic heterocycles. The van der Waals surface area contributed by atoms with Crippen molar-refractivity contribution in [3.63, 3.8) is 0 Å². The van der Waals surface area contributed by atoms with Gasteiger partial charge in [0.15, 0.2) is 0 Å². The van der Waals surface area contributed by atoms with Gasteiger partial charge in [-0.05, 0) is 12.0 Å². The fourth-order valence-corrected chi connectivity index (χ4v) is 4.55. The average molecular weight is 361 g/mol. The van der Waals surface area contributed by atoms with Crippen LogP contribution in [0.5, 0.6) is 0 Å². The van der Waals surface area contributed by atoms with Gasteiger partial charge in [0.25, 0.3) is 0 Å². The SMILES string of the molecule is BrC1(Br)CC1(c1ccccc1)N1CCOCC1. The Kier molecular flexibility index (Phi) is 3.10. The maximum atomic E-state index is 5.45. The molecule has 4 heteroatoms. The summed E-state index contributed by atoms with van der Waals surface area (Å²) in [6.07, 6.45) is 1.10. The zero-order valence-corrected chi connectivity index (χ0v) is 12.7. The molecule has 0 amide bonds. The smallest absolute Gasteiger partial charge is 0.105 e. The molecule has 1 aromatic carbocycles. The van der Waals surface area contributed by atoms with Gasteiger partial charge >= 0.3 is 0 Å². The molecule has 0 radical (unpaired) electrons. The van der Waals surface area contributed by atoms with Crippen molar-refractivity contribution in [3.8, 4) is 0 Å². The maximum Gasteiger partial charge on any atom is 0.105 e. The minimum atomic E-state index is 0.0195. The van der Waals surface area contributed by atoms with Crippen molar-refractivity contribution < 1.29 is 4.74 Å². The predicted molar refractivity (Wildman–Crippen MR) is 75.7 cm³/mol. The van der Waals surface area contributed by atoms with Crippen LogP contribution in [-0.4, -0.2) is 34.4 Å². The molecule has 1 saturated carbocycles. The van der Waals surface area contributed by atoms with Gasteiger partial charge in [-0.1, -0.05) is 62.2 Å². The molecule has 1 unspecified atom stereocenters. The van der Waals surface area contributed by atoms with Gasteiger partial charge in [0, 0.05) is 13.1 Å². The zero-order chi connectivity index (χ0) is 11.9. The third-order valence-corrected chi connectivity index (χ3v) is 5.63. The summed E-state index contributed by atoms with van der Waals surface area (Å²) in [5.41, 5.74) is 1.48. The second kappa shape index (κ2) is 4.34. The summed E-state index contributed by atoms with van der Waals surface area (Å²) < 4.78 is 5.47. The number of alkyl halides is 2. The Morgan fingerprint density at radius 1 is 1.06 bits per heavy atom. The highest BCUT2D eigenvalue weighted by atomic mass is 79.9. The summed E-state index contributed by atoms with van der Waals surface area (Å²) in [6, 6.07) is 10.8. The minimum Gasteiger partial charge on any atom is -0.379 e. The second-order valence-corrected chi connectivity index (χ2v) is 8.48. The molecule has 2 aliphatic rings. The second-order valence-electron chi connectivity index (χ2n) is 4.71. The van der Waals surface area contributed by atoms with E-state index in [1.54, 1.807) is 0 Å². The Hall–Kier alpha value is 0.1000. The van der Waals surface area contributed by atoms with Crippen molar-refractivity contribution in [3.05, 3.63) is 35.9 Å². The van der Waals surface area contributed by atoms with Crippen LogP contribution >= 0.6 is 31.9 Å². The van der Waals surface area contributed by atoms with Crippen LogP contribution in [0.1, 0.15) is 12.0 Å².